The summed E-state index contributed by atoms with van der Waals surface area (Å²) in [5.41, 5.74) is 6.91. The van der Waals surface area contributed by atoms with E-state index in [1.165, 1.54) is 11.3 Å². The predicted octanol–water partition coefficient (Wildman–Crippen LogP) is 2.78. The van der Waals surface area contributed by atoms with Crippen molar-refractivity contribution >= 4 is 42.1 Å². The number of carbonyl (C=O) groups excluding carboxylic acids is 1. The molecule has 25 heavy (non-hydrogen) atoms. The van der Waals surface area contributed by atoms with Crippen molar-refractivity contribution in [2.75, 3.05) is 13.3 Å². The van der Waals surface area contributed by atoms with Gasteiger partial charge in [-0.3, -0.25) is 4.79 Å². The lowest BCUT2D eigenvalue weighted by atomic mass is 10.1. The molecule has 0 saturated heterocycles. The van der Waals surface area contributed by atoms with Crippen molar-refractivity contribution in [2.45, 2.75) is 25.8 Å². The molecule has 0 unspecified atom stereocenters. The lowest BCUT2D eigenvalue weighted by Gasteiger charge is -2.23. The van der Waals surface area contributed by atoms with Crippen LogP contribution in [0.2, 0.25) is 0 Å². The second kappa shape index (κ2) is 8.71. The molecule has 0 saturated carbocycles. The molecule has 0 aliphatic carbocycles. The summed E-state index contributed by atoms with van der Waals surface area (Å²) in [5.74, 6) is 1.39. The molecule has 6 nitrogen and oxygen atoms in total. The molecule has 3 N–H and O–H groups in total. The molecule has 0 bridgehead atoms. The summed E-state index contributed by atoms with van der Waals surface area (Å²) < 4.78 is 10.7. The molecule has 9 heteroatoms. The van der Waals surface area contributed by atoms with Crippen LogP contribution in [0.3, 0.4) is 0 Å². The topological polar surface area (TPSA) is 86.5 Å². The van der Waals surface area contributed by atoms with Crippen molar-refractivity contribution < 1.29 is 14.3 Å². The molecule has 138 valence electrons. The highest BCUT2D eigenvalue weighted by molar-refractivity contribution is 7.13. The van der Waals surface area contributed by atoms with Gasteiger partial charge in [0.15, 0.2) is 11.5 Å². The Morgan fingerprint density at radius 2 is 2.04 bits per heavy atom. The van der Waals surface area contributed by atoms with Crippen molar-refractivity contribution in [3.05, 3.63) is 29.3 Å². The number of aromatic nitrogens is 1. The van der Waals surface area contributed by atoms with Gasteiger partial charge in [0.2, 0.25) is 12.7 Å². The van der Waals surface area contributed by atoms with Gasteiger partial charge in [-0.15, -0.1) is 36.2 Å². The van der Waals surface area contributed by atoms with E-state index in [0.717, 1.165) is 27.8 Å². The molecule has 0 spiro atoms. The van der Waals surface area contributed by atoms with Gasteiger partial charge in [0.1, 0.15) is 5.01 Å². The minimum absolute atomic E-state index is 0. The third-order valence-electron chi connectivity index (χ3n) is 3.50. The number of fused-ring (bicyclic) bond motifs is 1. The monoisotopic (exact) mass is 405 g/mol. The zero-order valence-corrected chi connectivity index (χ0v) is 16.4. The Balaban J connectivity index is 0.00000156. The Morgan fingerprint density at radius 1 is 1.32 bits per heavy atom. The molecule has 0 radical (unpaired) electrons. The molecule has 1 aromatic carbocycles. The van der Waals surface area contributed by atoms with Crippen LogP contribution in [0.4, 0.5) is 0 Å². The lowest BCUT2D eigenvalue weighted by Crippen LogP contribution is -2.49. The number of benzene rings is 1. The second-order valence-electron chi connectivity index (χ2n) is 6.02. The summed E-state index contributed by atoms with van der Waals surface area (Å²) in [4.78, 5) is 16.6. The molecule has 0 atom stereocenters. The van der Waals surface area contributed by atoms with Crippen LogP contribution in [0.15, 0.2) is 23.6 Å². The maximum atomic E-state index is 12.0. The van der Waals surface area contributed by atoms with Crippen LogP contribution in [-0.2, 0) is 11.2 Å². The number of nitrogens with zero attached hydrogens (tertiary/aromatic N) is 1. The van der Waals surface area contributed by atoms with Crippen LogP contribution in [0.25, 0.3) is 10.6 Å². The van der Waals surface area contributed by atoms with E-state index in [2.05, 4.69) is 10.3 Å². The van der Waals surface area contributed by atoms with Crippen LogP contribution >= 0.6 is 36.2 Å². The standard InChI is InChI=1S/C16H19N3O3S.2ClH/c1-16(2,8-17)19-14(20)6-11-7-23-15(18-11)10-3-4-12-13(5-10)22-9-21-12;;/h3-5,7H,6,8-9,17H2,1-2H3,(H,19,20);2*1H. The van der Waals surface area contributed by atoms with Crippen molar-refractivity contribution in [2.24, 2.45) is 5.73 Å². The second-order valence-corrected chi connectivity index (χ2v) is 6.88. The Hall–Kier alpha value is -1.54. The average molecular weight is 406 g/mol. The highest BCUT2D eigenvalue weighted by Gasteiger charge is 2.19. The van der Waals surface area contributed by atoms with Gasteiger partial charge < -0.3 is 20.5 Å². The first-order chi connectivity index (χ1) is 11.0. The number of halogens is 2. The van der Waals surface area contributed by atoms with Crippen molar-refractivity contribution in [3.8, 4) is 22.1 Å². The molecule has 3 rings (SSSR count). The molecular formula is C16H21Cl2N3O3S. The SMILES string of the molecule is CC(C)(CN)NC(=O)Cc1csc(-c2ccc3c(c2)OCO3)n1.Cl.Cl. The van der Waals surface area contributed by atoms with E-state index < -0.39 is 5.54 Å². The predicted molar refractivity (Wildman–Crippen MR) is 103 cm³/mol. The maximum absolute atomic E-state index is 12.0. The van der Waals surface area contributed by atoms with E-state index in [1.54, 1.807) is 0 Å². The normalized spacial score (nSPS) is 12.1. The molecule has 1 aliphatic rings. The number of hydrogen-bond acceptors (Lipinski definition) is 6. The summed E-state index contributed by atoms with van der Waals surface area (Å²) in [5, 5.41) is 5.65. The van der Waals surface area contributed by atoms with Crippen molar-refractivity contribution in [1.82, 2.24) is 10.3 Å². The molecule has 2 aromatic rings. The van der Waals surface area contributed by atoms with Gasteiger partial charge in [-0.05, 0) is 32.0 Å². The fourth-order valence-corrected chi connectivity index (χ4v) is 3.00. The van der Waals surface area contributed by atoms with E-state index in [-0.39, 0.29) is 43.9 Å². The van der Waals surface area contributed by atoms with E-state index in [4.69, 9.17) is 15.2 Å². The number of amides is 1. The fourth-order valence-electron chi connectivity index (χ4n) is 2.19. The van der Waals surface area contributed by atoms with Gasteiger partial charge in [0, 0.05) is 23.0 Å². The Bertz CT molecular complexity index is 737. The van der Waals surface area contributed by atoms with Crippen molar-refractivity contribution in [3.63, 3.8) is 0 Å². The molecule has 0 fully saturated rings. The first kappa shape index (κ1) is 21.5. The average Bonchev–Trinajstić information content (AvgIpc) is 3.14. The molecule has 1 aliphatic heterocycles. The number of ether oxygens (including phenoxy) is 2. The summed E-state index contributed by atoms with van der Waals surface area (Å²) >= 11 is 1.50. The van der Waals surface area contributed by atoms with Crippen LogP contribution in [0, 0.1) is 0 Å². The summed E-state index contributed by atoms with van der Waals surface area (Å²) in [6.45, 7) is 4.42. The van der Waals surface area contributed by atoms with Gasteiger partial charge >= 0.3 is 0 Å². The van der Waals surface area contributed by atoms with E-state index >= 15 is 0 Å². The number of nitrogens with one attached hydrogen (secondary N) is 1. The van der Waals surface area contributed by atoms with Crippen molar-refractivity contribution in [1.29, 1.82) is 0 Å². The Morgan fingerprint density at radius 3 is 2.76 bits per heavy atom. The molecule has 1 aromatic heterocycles. The number of hydrogen-bond donors (Lipinski definition) is 2. The van der Waals surface area contributed by atoms with Gasteiger partial charge in [-0.1, -0.05) is 0 Å². The van der Waals surface area contributed by atoms with Crippen LogP contribution < -0.4 is 20.5 Å². The quantitative estimate of drug-likeness (QED) is 0.798. The van der Waals surface area contributed by atoms with E-state index in [0.29, 0.717) is 6.54 Å². The number of rotatable bonds is 5. The number of carbonyl (C=O) groups is 1. The van der Waals surface area contributed by atoms with E-state index in [9.17, 15) is 4.79 Å². The summed E-state index contributed by atoms with van der Waals surface area (Å²) in [6, 6.07) is 5.71. The highest BCUT2D eigenvalue weighted by Crippen LogP contribution is 2.36. The largest absolute Gasteiger partial charge is 0.454 e. The first-order valence-electron chi connectivity index (χ1n) is 7.32. The fraction of sp³-hybridized carbons (Fsp3) is 0.375. The highest BCUT2D eigenvalue weighted by atomic mass is 35.5. The smallest absolute Gasteiger partial charge is 0.231 e. The van der Waals surface area contributed by atoms with Gasteiger partial charge in [0.05, 0.1) is 12.1 Å². The maximum Gasteiger partial charge on any atom is 0.231 e. The summed E-state index contributed by atoms with van der Waals surface area (Å²) in [7, 11) is 0. The zero-order chi connectivity index (χ0) is 16.4. The van der Waals surface area contributed by atoms with E-state index in [1.807, 2.05) is 37.4 Å². The molecule has 1 amide bonds. The van der Waals surface area contributed by atoms with Crippen LogP contribution in [0.5, 0.6) is 11.5 Å². The zero-order valence-electron chi connectivity index (χ0n) is 13.9. The number of nitrogens with two attached hydrogens (primary N) is 1. The summed E-state index contributed by atoms with van der Waals surface area (Å²) in [6.07, 6.45) is 0.241. The van der Waals surface area contributed by atoms with Crippen LogP contribution in [-0.4, -0.2) is 29.8 Å². The Labute approximate surface area is 162 Å². The third kappa shape index (κ3) is 5.22. The molecular weight excluding hydrogens is 385 g/mol. The lowest BCUT2D eigenvalue weighted by molar-refractivity contribution is -0.121. The van der Waals surface area contributed by atoms with Crippen LogP contribution in [0.1, 0.15) is 19.5 Å². The minimum atomic E-state index is -0.409. The minimum Gasteiger partial charge on any atom is -0.454 e. The third-order valence-corrected chi connectivity index (χ3v) is 4.44. The number of thiazole rings is 1. The Kier molecular flexibility index (Phi) is 7.49. The van der Waals surface area contributed by atoms with Gasteiger partial charge in [-0.2, -0.15) is 0 Å². The van der Waals surface area contributed by atoms with Gasteiger partial charge in [0.25, 0.3) is 0 Å². The first-order valence-corrected chi connectivity index (χ1v) is 8.20. The van der Waals surface area contributed by atoms with Gasteiger partial charge in [-0.25, -0.2) is 4.98 Å². The molecule has 2 heterocycles.